The quantitative estimate of drug-likeness (QED) is 0.709. The minimum atomic E-state index is -0.246. The monoisotopic (exact) mass is 364 g/mol. The number of hydrogen-bond donors (Lipinski definition) is 1. The van der Waals surface area contributed by atoms with E-state index in [1.807, 2.05) is 25.1 Å². The van der Waals surface area contributed by atoms with E-state index < -0.39 is 0 Å². The summed E-state index contributed by atoms with van der Waals surface area (Å²) in [5.74, 6) is 0.517. The Morgan fingerprint density at radius 3 is 2.52 bits per heavy atom. The first-order valence-electron chi connectivity index (χ1n) is 8.94. The predicted octanol–water partition coefficient (Wildman–Crippen LogP) is 4.99. The van der Waals surface area contributed by atoms with Gasteiger partial charge in [-0.1, -0.05) is 32.0 Å². The minimum Gasteiger partial charge on any atom is -0.497 e. The van der Waals surface area contributed by atoms with Crippen molar-refractivity contribution in [2.45, 2.75) is 33.6 Å². The van der Waals surface area contributed by atoms with Crippen molar-refractivity contribution >= 4 is 28.4 Å². The zero-order valence-corrected chi connectivity index (χ0v) is 16.3. The SMILES string of the molecule is COc1ccc2c(c1)c(C(=O)Nc1c(C)cccc1C(C)C)cn2C(C)=O. The zero-order valence-electron chi connectivity index (χ0n) is 16.3. The highest BCUT2D eigenvalue weighted by atomic mass is 16.5. The molecule has 0 saturated heterocycles. The third kappa shape index (κ3) is 3.45. The molecule has 0 aliphatic heterocycles. The second-order valence-electron chi connectivity index (χ2n) is 6.96. The van der Waals surface area contributed by atoms with E-state index in [9.17, 15) is 9.59 Å². The highest BCUT2D eigenvalue weighted by molar-refractivity contribution is 6.15. The van der Waals surface area contributed by atoms with Crippen LogP contribution in [0.15, 0.2) is 42.6 Å². The first kappa shape index (κ1) is 18.7. The molecular formula is C22H24N2O3. The summed E-state index contributed by atoms with van der Waals surface area (Å²) in [6.45, 7) is 7.64. The third-order valence-corrected chi connectivity index (χ3v) is 4.76. The van der Waals surface area contributed by atoms with Crippen molar-refractivity contribution < 1.29 is 14.3 Å². The maximum absolute atomic E-state index is 13.1. The minimum absolute atomic E-state index is 0.150. The Labute approximate surface area is 158 Å². The van der Waals surface area contributed by atoms with Gasteiger partial charge in [0.25, 0.3) is 5.91 Å². The van der Waals surface area contributed by atoms with Gasteiger partial charge < -0.3 is 10.1 Å². The van der Waals surface area contributed by atoms with Gasteiger partial charge in [-0.3, -0.25) is 14.2 Å². The van der Waals surface area contributed by atoms with E-state index in [-0.39, 0.29) is 17.7 Å². The molecule has 0 aliphatic rings. The van der Waals surface area contributed by atoms with Crippen LogP contribution in [0.1, 0.15) is 53.0 Å². The van der Waals surface area contributed by atoms with Crippen molar-refractivity contribution in [3.05, 3.63) is 59.3 Å². The molecule has 1 N–H and O–H groups in total. The normalized spacial score (nSPS) is 11.0. The molecule has 0 saturated carbocycles. The Morgan fingerprint density at radius 2 is 1.89 bits per heavy atom. The van der Waals surface area contributed by atoms with Gasteiger partial charge in [-0.2, -0.15) is 0 Å². The summed E-state index contributed by atoms with van der Waals surface area (Å²) < 4.78 is 6.78. The number of benzene rings is 2. The zero-order chi connectivity index (χ0) is 19.7. The molecule has 1 aromatic heterocycles. The number of hydrogen-bond acceptors (Lipinski definition) is 3. The lowest BCUT2D eigenvalue weighted by atomic mass is 9.98. The summed E-state index contributed by atoms with van der Waals surface area (Å²) in [5.41, 5.74) is 4.03. The first-order valence-corrected chi connectivity index (χ1v) is 8.94. The molecule has 3 rings (SSSR count). The summed E-state index contributed by atoms with van der Waals surface area (Å²) in [6, 6.07) is 11.3. The number of carbonyl (C=O) groups excluding carboxylic acids is 2. The van der Waals surface area contributed by atoms with E-state index >= 15 is 0 Å². The summed E-state index contributed by atoms with van der Waals surface area (Å²) in [7, 11) is 1.57. The Morgan fingerprint density at radius 1 is 1.15 bits per heavy atom. The van der Waals surface area contributed by atoms with Crippen LogP contribution >= 0.6 is 0 Å². The van der Waals surface area contributed by atoms with Crippen molar-refractivity contribution in [2.75, 3.05) is 12.4 Å². The number of rotatable bonds is 4. The van der Waals surface area contributed by atoms with E-state index in [4.69, 9.17) is 4.74 Å². The first-order chi connectivity index (χ1) is 12.8. The Kier molecular flexibility index (Phi) is 5.04. The highest BCUT2D eigenvalue weighted by Crippen LogP contribution is 2.30. The van der Waals surface area contributed by atoms with E-state index in [0.717, 1.165) is 16.8 Å². The van der Waals surface area contributed by atoms with Crippen LogP contribution in [-0.4, -0.2) is 23.5 Å². The summed E-state index contributed by atoms with van der Waals surface area (Å²) in [5, 5.41) is 3.74. The molecule has 0 radical (unpaired) electrons. The van der Waals surface area contributed by atoms with Crippen LogP contribution in [0.4, 0.5) is 5.69 Å². The number of nitrogens with one attached hydrogen (secondary N) is 1. The third-order valence-electron chi connectivity index (χ3n) is 4.76. The molecule has 5 nitrogen and oxygen atoms in total. The maximum atomic E-state index is 13.1. The molecule has 3 aromatic rings. The van der Waals surface area contributed by atoms with Crippen LogP contribution in [0.25, 0.3) is 10.9 Å². The molecule has 0 unspecified atom stereocenters. The van der Waals surface area contributed by atoms with Gasteiger partial charge in [0.1, 0.15) is 5.75 Å². The van der Waals surface area contributed by atoms with Crippen LogP contribution in [0.3, 0.4) is 0 Å². The van der Waals surface area contributed by atoms with Crippen LogP contribution in [0.2, 0.25) is 0 Å². The maximum Gasteiger partial charge on any atom is 0.257 e. The number of carbonyl (C=O) groups is 2. The lowest BCUT2D eigenvalue weighted by Gasteiger charge is -2.16. The largest absolute Gasteiger partial charge is 0.497 e. The smallest absolute Gasteiger partial charge is 0.257 e. The molecular weight excluding hydrogens is 340 g/mol. The topological polar surface area (TPSA) is 60.3 Å². The van der Waals surface area contributed by atoms with Crippen molar-refractivity contribution in [3.63, 3.8) is 0 Å². The molecule has 0 atom stereocenters. The number of anilines is 1. The van der Waals surface area contributed by atoms with Gasteiger partial charge >= 0.3 is 0 Å². The fourth-order valence-corrected chi connectivity index (χ4v) is 3.30. The van der Waals surface area contributed by atoms with Crippen LogP contribution < -0.4 is 10.1 Å². The van der Waals surface area contributed by atoms with Gasteiger partial charge in [-0.15, -0.1) is 0 Å². The van der Waals surface area contributed by atoms with Crippen LogP contribution in [0.5, 0.6) is 5.75 Å². The van der Waals surface area contributed by atoms with E-state index in [0.29, 0.717) is 22.2 Å². The van der Waals surface area contributed by atoms with Crippen molar-refractivity contribution in [1.29, 1.82) is 0 Å². The van der Waals surface area contributed by atoms with Gasteiger partial charge in [0.05, 0.1) is 18.2 Å². The Hall–Kier alpha value is -3.08. The number of para-hydroxylation sites is 1. The number of ether oxygens (including phenoxy) is 1. The molecule has 0 aliphatic carbocycles. The summed E-state index contributed by atoms with van der Waals surface area (Å²) in [4.78, 5) is 25.1. The Balaban J connectivity index is 2.11. The van der Waals surface area contributed by atoms with Crippen LogP contribution in [-0.2, 0) is 0 Å². The molecule has 1 heterocycles. The predicted molar refractivity (Wildman–Crippen MR) is 108 cm³/mol. The van der Waals surface area contributed by atoms with E-state index in [1.54, 1.807) is 31.5 Å². The van der Waals surface area contributed by atoms with Gasteiger partial charge in [-0.25, -0.2) is 0 Å². The second-order valence-corrected chi connectivity index (χ2v) is 6.96. The van der Waals surface area contributed by atoms with Crippen molar-refractivity contribution in [1.82, 2.24) is 4.57 Å². The van der Waals surface area contributed by atoms with Crippen molar-refractivity contribution in [3.8, 4) is 5.75 Å². The van der Waals surface area contributed by atoms with Gasteiger partial charge in [0.15, 0.2) is 0 Å². The number of methoxy groups -OCH3 is 1. The fraction of sp³-hybridized carbons (Fsp3) is 0.273. The number of aryl methyl sites for hydroxylation is 1. The molecule has 0 spiro atoms. The van der Waals surface area contributed by atoms with Gasteiger partial charge in [-0.05, 0) is 42.2 Å². The number of fused-ring (bicyclic) bond motifs is 1. The molecule has 5 heteroatoms. The molecule has 0 fully saturated rings. The average molecular weight is 364 g/mol. The highest BCUT2D eigenvalue weighted by Gasteiger charge is 2.19. The van der Waals surface area contributed by atoms with Crippen LogP contribution in [0, 0.1) is 6.92 Å². The average Bonchev–Trinajstić information content (AvgIpc) is 3.02. The number of amides is 1. The molecule has 1 amide bonds. The molecule has 0 bridgehead atoms. The molecule has 140 valence electrons. The number of nitrogens with zero attached hydrogens (tertiary/aromatic N) is 1. The Bertz CT molecular complexity index is 1030. The lowest BCUT2D eigenvalue weighted by molar-refractivity contribution is 0.0941. The van der Waals surface area contributed by atoms with Crippen molar-refractivity contribution in [2.24, 2.45) is 0 Å². The van der Waals surface area contributed by atoms with Gasteiger partial charge in [0.2, 0.25) is 5.91 Å². The van der Waals surface area contributed by atoms with E-state index in [2.05, 4.69) is 19.2 Å². The molecule has 27 heavy (non-hydrogen) atoms. The fourth-order valence-electron chi connectivity index (χ4n) is 3.30. The summed E-state index contributed by atoms with van der Waals surface area (Å²) in [6.07, 6.45) is 1.59. The molecule has 2 aromatic carbocycles. The van der Waals surface area contributed by atoms with Gasteiger partial charge in [0, 0.05) is 24.2 Å². The standard InChI is InChI=1S/C22H24N2O3/c1-13(2)17-8-6-7-14(3)21(17)23-22(26)19-12-24(15(4)25)20-10-9-16(27-5)11-18(19)20/h6-13H,1-5H3,(H,23,26). The second kappa shape index (κ2) is 7.27. The number of aromatic nitrogens is 1. The lowest BCUT2D eigenvalue weighted by Crippen LogP contribution is -2.15. The summed E-state index contributed by atoms with van der Waals surface area (Å²) >= 11 is 0. The van der Waals surface area contributed by atoms with E-state index in [1.165, 1.54) is 11.5 Å².